The Labute approximate surface area is 112 Å². The molecule has 0 aliphatic carbocycles. The average Bonchev–Trinajstić information content (AvgIpc) is 2.47. The van der Waals surface area contributed by atoms with Gasteiger partial charge in [0.05, 0.1) is 11.6 Å². The van der Waals surface area contributed by atoms with Crippen molar-refractivity contribution in [1.29, 1.82) is 0 Å². The van der Waals surface area contributed by atoms with Crippen LogP contribution >= 0.6 is 0 Å². The molecule has 0 spiro atoms. The van der Waals surface area contributed by atoms with E-state index < -0.39 is 0 Å². The van der Waals surface area contributed by atoms with E-state index in [0.29, 0.717) is 0 Å². The standard InChI is InChI=1S/C17H15NO/c1-12(19)16-10-15-9-14(7-8-17(15)18-11-16)13-5-3-2-4-6-13/h2-9,11,16H,10H2,1H3. The number of carbonyl (C=O) groups excluding carboxylic acids is 1. The van der Waals surface area contributed by atoms with Gasteiger partial charge >= 0.3 is 0 Å². The Bertz CT molecular complexity index is 644. The first-order valence-corrected chi connectivity index (χ1v) is 6.47. The molecule has 2 aromatic rings. The molecule has 0 amide bonds. The van der Waals surface area contributed by atoms with Gasteiger partial charge < -0.3 is 0 Å². The lowest BCUT2D eigenvalue weighted by Crippen LogP contribution is -2.18. The minimum atomic E-state index is -0.0708. The van der Waals surface area contributed by atoms with Crippen molar-refractivity contribution in [3.8, 4) is 11.1 Å². The van der Waals surface area contributed by atoms with Gasteiger partial charge in [-0.15, -0.1) is 0 Å². The Morgan fingerprint density at radius 3 is 2.63 bits per heavy atom. The number of ketones is 1. The van der Waals surface area contributed by atoms with Crippen molar-refractivity contribution in [2.75, 3.05) is 0 Å². The number of nitrogens with zero attached hydrogens (tertiary/aromatic N) is 1. The molecule has 0 fully saturated rings. The molecule has 0 aromatic heterocycles. The van der Waals surface area contributed by atoms with Crippen molar-refractivity contribution in [3.63, 3.8) is 0 Å². The molecule has 2 heteroatoms. The fraction of sp³-hybridized carbons (Fsp3) is 0.176. The molecule has 1 aliphatic rings. The summed E-state index contributed by atoms with van der Waals surface area (Å²) in [6, 6.07) is 16.5. The van der Waals surface area contributed by atoms with Crippen LogP contribution in [0.25, 0.3) is 11.1 Å². The van der Waals surface area contributed by atoms with Crippen LogP contribution in [0.4, 0.5) is 5.69 Å². The van der Waals surface area contributed by atoms with Gasteiger partial charge in [0.1, 0.15) is 5.78 Å². The third-order valence-corrected chi connectivity index (χ3v) is 3.54. The van der Waals surface area contributed by atoms with Gasteiger partial charge in [-0.05, 0) is 42.2 Å². The largest absolute Gasteiger partial charge is 0.299 e. The molecule has 1 aliphatic heterocycles. The van der Waals surface area contributed by atoms with E-state index in [0.717, 1.165) is 17.7 Å². The lowest BCUT2D eigenvalue weighted by molar-refractivity contribution is -0.118. The Kier molecular flexibility index (Phi) is 3.00. The van der Waals surface area contributed by atoms with E-state index >= 15 is 0 Å². The van der Waals surface area contributed by atoms with E-state index in [1.807, 2.05) is 24.3 Å². The number of carbonyl (C=O) groups is 1. The fourth-order valence-electron chi connectivity index (χ4n) is 2.39. The van der Waals surface area contributed by atoms with E-state index in [1.54, 1.807) is 13.1 Å². The third-order valence-electron chi connectivity index (χ3n) is 3.54. The summed E-state index contributed by atoms with van der Waals surface area (Å²) in [6.45, 7) is 1.63. The van der Waals surface area contributed by atoms with Crippen LogP contribution in [0.2, 0.25) is 0 Å². The highest BCUT2D eigenvalue weighted by atomic mass is 16.1. The molecule has 0 bridgehead atoms. The zero-order chi connectivity index (χ0) is 13.2. The second-order valence-corrected chi connectivity index (χ2v) is 4.91. The molecule has 2 aromatic carbocycles. The highest BCUT2D eigenvalue weighted by Gasteiger charge is 2.19. The van der Waals surface area contributed by atoms with Crippen molar-refractivity contribution in [3.05, 3.63) is 54.1 Å². The number of aliphatic imine (C=N–C) groups is 1. The zero-order valence-electron chi connectivity index (χ0n) is 10.8. The molecule has 1 atom stereocenters. The maximum atomic E-state index is 11.5. The van der Waals surface area contributed by atoms with Crippen LogP contribution in [0.3, 0.4) is 0 Å². The summed E-state index contributed by atoms with van der Waals surface area (Å²) in [5, 5.41) is 0. The topological polar surface area (TPSA) is 29.4 Å². The van der Waals surface area contributed by atoms with Gasteiger partial charge in [0, 0.05) is 6.21 Å². The second-order valence-electron chi connectivity index (χ2n) is 4.91. The number of hydrogen-bond donors (Lipinski definition) is 0. The van der Waals surface area contributed by atoms with E-state index in [4.69, 9.17) is 0 Å². The van der Waals surface area contributed by atoms with Crippen LogP contribution < -0.4 is 0 Å². The first-order valence-electron chi connectivity index (χ1n) is 6.47. The SMILES string of the molecule is CC(=O)C1C=Nc2ccc(-c3ccccc3)cc2C1. The van der Waals surface area contributed by atoms with Crippen molar-refractivity contribution in [2.24, 2.45) is 10.9 Å². The van der Waals surface area contributed by atoms with E-state index in [1.165, 1.54) is 11.1 Å². The zero-order valence-corrected chi connectivity index (χ0v) is 10.8. The third kappa shape index (κ3) is 2.34. The lowest BCUT2D eigenvalue weighted by Gasteiger charge is -2.17. The number of benzene rings is 2. The molecule has 1 unspecified atom stereocenters. The first-order chi connectivity index (χ1) is 9.24. The van der Waals surface area contributed by atoms with Gasteiger partial charge in [-0.25, -0.2) is 0 Å². The number of hydrogen-bond acceptors (Lipinski definition) is 2. The molecule has 0 saturated carbocycles. The molecule has 94 valence electrons. The van der Waals surface area contributed by atoms with Gasteiger partial charge in [0.15, 0.2) is 0 Å². The molecule has 2 nitrogen and oxygen atoms in total. The average molecular weight is 249 g/mol. The summed E-state index contributed by atoms with van der Waals surface area (Å²) in [5.74, 6) is 0.109. The molecule has 0 radical (unpaired) electrons. The summed E-state index contributed by atoms with van der Waals surface area (Å²) < 4.78 is 0. The number of fused-ring (bicyclic) bond motifs is 1. The smallest absolute Gasteiger partial charge is 0.138 e. The molecule has 0 N–H and O–H groups in total. The second kappa shape index (κ2) is 4.81. The number of rotatable bonds is 2. The van der Waals surface area contributed by atoms with Gasteiger partial charge in [-0.3, -0.25) is 9.79 Å². The van der Waals surface area contributed by atoms with Gasteiger partial charge in [-0.1, -0.05) is 36.4 Å². The van der Waals surface area contributed by atoms with Crippen LogP contribution in [0, 0.1) is 5.92 Å². The van der Waals surface area contributed by atoms with Crippen LogP contribution in [0.5, 0.6) is 0 Å². The highest BCUT2D eigenvalue weighted by molar-refractivity contribution is 5.95. The number of Topliss-reactive ketones (excluding diaryl/α,β-unsaturated/α-hetero) is 1. The maximum absolute atomic E-state index is 11.5. The summed E-state index contributed by atoms with van der Waals surface area (Å²) in [5.41, 5.74) is 4.51. The van der Waals surface area contributed by atoms with E-state index in [2.05, 4.69) is 29.3 Å². The van der Waals surface area contributed by atoms with Crippen LogP contribution in [0.1, 0.15) is 12.5 Å². The van der Waals surface area contributed by atoms with E-state index in [9.17, 15) is 4.79 Å². The van der Waals surface area contributed by atoms with Crippen molar-refractivity contribution >= 4 is 17.7 Å². The summed E-state index contributed by atoms with van der Waals surface area (Å²) in [6.07, 6.45) is 2.53. The maximum Gasteiger partial charge on any atom is 0.138 e. The Balaban J connectivity index is 1.99. The molecule has 19 heavy (non-hydrogen) atoms. The predicted octanol–water partition coefficient (Wildman–Crippen LogP) is 3.82. The molecule has 1 heterocycles. The Morgan fingerprint density at radius 2 is 1.89 bits per heavy atom. The molecular weight excluding hydrogens is 234 g/mol. The minimum Gasteiger partial charge on any atom is -0.299 e. The minimum absolute atomic E-state index is 0.0708. The fourth-order valence-corrected chi connectivity index (χ4v) is 2.39. The summed E-state index contributed by atoms with van der Waals surface area (Å²) in [7, 11) is 0. The normalized spacial score (nSPS) is 17.0. The molecule has 0 saturated heterocycles. The van der Waals surface area contributed by atoms with Crippen LogP contribution in [0.15, 0.2) is 53.5 Å². The highest BCUT2D eigenvalue weighted by Crippen LogP contribution is 2.31. The van der Waals surface area contributed by atoms with Crippen LogP contribution in [-0.4, -0.2) is 12.0 Å². The first kappa shape index (κ1) is 11.8. The predicted molar refractivity (Wildman–Crippen MR) is 77.9 cm³/mol. The summed E-state index contributed by atoms with van der Waals surface area (Å²) >= 11 is 0. The lowest BCUT2D eigenvalue weighted by atomic mass is 9.91. The van der Waals surface area contributed by atoms with Crippen molar-refractivity contribution < 1.29 is 4.79 Å². The summed E-state index contributed by atoms with van der Waals surface area (Å²) in [4.78, 5) is 15.9. The van der Waals surface area contributed by atoms with Gasteiger partial charge in [-0.2, -0.15) is 0 Å². The van der Waals surface area contributed by atoms with E-state index in [-0.39, 0.29) is 11.7 Å². The quantitative estimate of drug-likeness (QED) is 0.795. The monoisotopic (exact) mass is 249 g/mol. The molecule has 3 rings (SSSR count). The van der Waals surface area contributed by atoms with Crippen molar-refractivity contribution in [1.82, 2.24) is 0 Å². The van der Waals surface area contributed by atoms with Gasteiger partial charge in [0.25, 0.3) is 0 Å². The Morgan fingerprint density at radius 1 is 1.11 bits per heavy atom. The van der Waals surface area contributed by atoms with Crippen LogP contribution in [-0.2, 0) is 11.2 Å². The Hall–Kier alpha value is -2.22. The molecular formula is C17H15NO. The van der Waals surface area contributed by atoms with Gasteiger partial charge in [0.2, 0.25) is 0 Å². The van der Waals surface area contributed by atoms with Crippen molar-refractivity contribution in [2.45, 2.75) is 13.3 Å².